The van der Waals surface area contributed by atoms with Gasteiger partial charge in [-0.2, -0.15) is 0 Å². The Morgan fingerprint density at radius 1 is 1.31 bits per heavy atom. The van der Waals surface area contributed by atoms with E-state index in [1.54, 1.807) is 0 Å². The van der Waals surface area contributed by atoms with Crippen LogP contribution in [0.3, 0.4) is 0 Å². The van der Waals surface area contributed by atoms with Gasteiger partial charge in [-0.05, 0) is 26.7 Å². The molecule has 0 unspecified atom stereocenters. The maximum absolute atomic E-state index is 11.9. The number of nitrogens with zero attached hydrogens (tertiary/aromatic N) is 1. The van der Waals surface area contributed by atoms with Crippen molar-refractivity contribution in [3.8, 4) is 0 Å². The molecule has 0 aromatic rings. The molecule has 1 aliphatic carbocycles. The van der Waals surface area contributed by atoms with Crippen LogP contribution in [0.1, 0.15) is 39.5 Å². The largest absolute Gasteiger partial charge is 0.280 e. The Bertz CT molecular complexity index is 266. The van der Waals surface area contributed by atoms with Gasteiger partial charge in [0, 0.05) is 12.5 Å². The number of imide groups is 1. The number of carbonyl (C=O) groups excluding carboxylic acids is 2. The first kappa shape index (κ1) is 8.73. The minimum atomic E-state index is -0.263. The predicted octanol–water partition coefficient (Wildman–Crippen LogP) is 1.32. The van der Waals surface area contributed by atoms with Crippen LogP contribution in [0, 0.1) is 5.41 Å². The molecule has 2 fully saturated rings. The summed E-state index contributed by atoms with van der Waals surface area (Å²) in [4.78, 5) is 24.8. The summed E-state index contributed by atoms with van der Waals surface area (Å²) in [6, 6.07) is 0.0278. The molecule has 1 spiro atoms. The monoisotopic (exact) mass is 181 g/mol. The number of hydrogen-bond acceptors (Lipinski definition) is 2. The van der Waals surface area contributed by atoms with Crippen molar-refractivity contribution < 1.29 is 9.59 Å². The Balaban J connectivity index is 2.24. The molecule has 3 nitrogen and oxygen atoms in total. The van der Waals surface area contributed by atoms with E-state index in [9.17, 15) is 9.59 Å². The van der Waals surface area contributed by atoms with Crippen LogP contribution in [0.15, 0.2) is 0 Å². The van der Waals surface area contributed by atoms with E-state index in [0.29, 0.717) is 6.42 Å². The van der Waals surface area contributed by atoms with Crippen molar-refractivity contribution in [3.63, 3.8) is 0 Å². The third kappa shape index (κ3) is 1.02. The van der Waals surface area contributed by atoms with Gasteiger partial charge in [0.15, 0.2) is 0 Å². The molecule has 13 heavy (non-hydrogen) atoms. The summed E-state index contributed by atoms with van der Waals surface area (Å²) < 4.78 is 0. The fourth-order valence-corrected chi connectivity index (χ4v) is 2.34. The van der Waals surface area contributed by atoms with Gasteiger partial charge in [0.05, 0.1) is 5.41 Å². The third-order valence-electron chi connectivity index (χ3n) is 3.26. The van der Waals surface area contributed by atoms with E-state index < -0.39 is 0 Å². The van der Waals surface area contributed by atoms with Crippen LogP contribution < -0.4 is 0 Å². The zero-order valence-electron chi connectivity index (χ0n) is 8.17. The lowest BCUT2D eigenvalue weighted by molar-refractivity contribution is -0.145. The van der Waals surface area contributed by atoms with Crippen molar-refractivity contribution >= 4 is 11.8 Å². The molecule has 0 aromatic heterocycles. The van der Waals surface area contributed by atoms with Crippen LogP contribution in [-0.4, -0.2) is 22.8 Å². The van der Waals surface area contributed by atoms with Gasteiger partial charge in [0.25, 0.3) is 0 Å². The summed E-state index contributed by atoms with van der Waals surface area (Å²) in [5.41, 5.74) is -0.263. The average Bonchev–Trinajstić information content (AvgIpc) is 2.21. The van der Waals surface area contributed by atoms with Crippen LogP contribution in [-0.2, 0) is 9.59 Å². The van der Waals surface area contributed by atoms with Gasteiger partial charge in [0.2, 0.25) is 11.8 Å². The highest BCUT2D eigenvalue weighted by Crippen LogP contribution is 2.49. The van der Waals surface area contributed by atoms with Crippen LogP contribution >= 0.6 is 0 Å². The first-order valence-electron chi connectivity index (χ1n) is 4.93. The molecule has 72 valence electrons. The first-order chi connectivity index (χ1) is 6.07. The van der Waals surface area contributed by atoms with Gasteiger partial charge < -0.3 is 0 Å². The van der Waals surface area contributed by atoms with Crippen molar-refractivity contribution in [1.82, 2.24) is 4.90 Å². The van der Waals surface area contributed by atoms with Gasteiger partial charge in [-0.3, -0.25) is 14.5 Å². The van der Waals surface area contributed by atoms with Crippen molar-refractivity contribution in [3.05, 3.63) is 0 Å². The number of rotatable bonds is 1. The highest BCUT2D eigenvalue weighted by Gasteiger charge is 2.55. The van der Waals surface area contributed by atoms with Gasteiger partial charge >= 0.3 is 0 Å². The number of hydrogen-bond donors (Lipinski definition) is 0. The van der Waals surface area contributed by atoms with E-state index in [4.69, 9.17) is 0 Å². The van der Waals surface area contributed by atoms with Crippen LogP contribution in [0.5, 0.6) is 0 Å². The van der Waals surface area contributed by atoms with E-state index in [-0.39, 0.29) is 23.3 Å². The van der Waals surface area contributed by atoms with Gasteiger partial charge in [0.1, 0.15) is 0 Å². The standard InChI is InChI=1S/C10H15NO2/c1-7(2)11-8(12)6-10(9(11)13)4-3-5-10/h7H,3-6H2,1-2H3. The second-order valence-electron chi connectivity index (χ2n) is 4.47. The topological polar surface area (TPSA) is 37.4 Å². The van der Waals surface area contributed by atoms with E-state index >= 15 is 0 Å². The molecule has 1 saturated carbocycles. The summed E-state index contributed by atoms with van der Waals surface area (Å²) in [5, 5.41) is 0. The highest BCUT2D eigenvalue weighted by atomic mass is 16.2. The molecular formula is C10H15NO2. The third-order valence-corrected chi connectivity index (χ3v) is 3.26. The second kappa shape index (κ2) is 2.56. The molecule has 0 radical (unpaired) electrons. The lowest BCUT2D eigenvalue weighted by atomic mass is 9.68. The predicted molar refractivity (Wildman–Crippen MR) is 47.9 cm³/mol. The van der Waals surface area contributed by atoms with E-state index in [1.807, 2.05) is 13.8 Å². The van der Waals surface area contributed by atoms with Crippen LogP contribution in [0.2, 0.25) is 0 Å². The fourth-order valence-electron chi connectivity index (χ4n) is 2.34. The van der Waals surface area contributed by atoms with Crippen molar-refractivity contribution in [1.29, 1.82) is 0 Å². The van der Waals surface area contributed by atoms with Crippen LogP contribution in [0.25, 0.3) is 0 Å². The molecule has 2 amide bonds. The molecule has 2 rings (SSSR count). The van der Waals surface area contributed by atoms with Gasteiger partial charge in [-0.15, -0.1) is 0 Å². The Morgan fingerprint density at radius 3 is 2.15 bits per heavy atom. The Kier molecular flexibility index (Phi) is 1.72. The average molecular weight is 181 g/mol. The highest BCUT2D eigenvalue weighted by molar-refractivity contribution is 6.06. The molecule has 1 heterocycles. The molecule has 3 heteroatoms. The molecule has 1 saturated heterocycles. The zero-order valence-corrected chi connectivity index (χ0v) is 8.17. The normalized spacial score (nSPS) is 25.9. The van der Waals surface area contributed by atoms with Gasteiger partial charge in [-0.25, -0.2) is 0 Å². The molecule has 0 aromatic carbocycles. The van der Waals surface area contributed by atoms with Gasteiger partial charge in [-0.1, -0.05) is 6.42 Å². The Morgan fingerprint density at radius 2 is 1.92 bits per heavy atom. The minimum Gasteiger partial charge on any atom is -0.280 e. The number of likely N-dealkylation sites (tertiary alicyclic amines) is 1. The number of carbonyl (C=O) groups is 2. The SMILES string of the molecule is CC(C)N1C(=O)CC2(CCC2)C1=O. The molecular weight excluding hydrogens is 166 g/mol. The molecule has 0 N–H and O–H groups in total. The molecule has 1 aliphatic heterocycles. The summed E-state index contributed by atoms with van der Waals surface area (Å²) in [6.07, 6.45) is 3.40. The number of amides is 2. The first-order valence-corrected chi connectivity index (χ1v) is 4.93. The summed E-state index contributed by atoms with van der Waals surface area (Å²) in [7, 11) is 0. The fraction of sp³-hybridized carbons (Fsp3) is 0.800. The second-order valence-corrected chi connectivity index (χ2v) is 4.47. The maximum Gasteiger partial charge on any atom is 0.236 e. The quantitative estimate of drug-likeness (QED) is 0.572. The van der Waals surface area contributed by atoms with Crippen molar-refractivity contribution in [2.75, 3.05) is 0 Å². The molecule has 2 aliphatic rings. The van der Waals surface area contributed by atoms with Crippen molar-refractivity contribution in [2.45, 2.75) is 45.6 Å². The van der Waals surface area contributed by atoms with Crippen LogP contribution in [0.4, 0.5) is 0 Å². The molecule has 0 bridgehead atoms. The lowest BCUT2D eigenvalue weighted by Gasteiger charge is -2.35. The molecule has 0 atom stereocenters. The zero-order chi connectivity index (χ0) is 9.64. The van der Waals surface area contributed by atoms with E-state index in [2.05, 4.69) is 0 Å². The lowest BCUT2D eigenvalue weighted by Crippen LogP contribution is -2.42. The smallest absolute Gasteiger partial charge is 0.236 e. The summed E-state index contributed by atoms with van der Waals surface area (Å²) >= 11 is 0. The summed E-state index contributed by atoms with van der Waals surface area (Å²) in [5.74, 6) is 0.110. The summed E-state index contributed by atoms with van der Waals surface area (Å²) in [6.45, 7) is 3.79. The maximum atomic E-state index is 11.9. The Labute approximate surface area is 78.1 Å². The minimum absolute atomic E-state index is 0.0275. The Hall–Kier alpha value is -0.860. The van der Waals surface area contributed by atoms with E-state index in [1.165, 1.54) is 4.90 Å². The van der Waals surface area contributed by atoms with E-state index in [0.717, 1.165) is 19.3 Å². The van der Waals surface area contributed by atoms with Crippen molar-refractivity contribution in [2.24, 2.45) is 5.41 Å².